The zero-order valence-electron chi connectivity index (χ0n) is 8.36. The summed E-state index contributed by atoms with van der Waals surface area (Å²) in [4.78, 5) is 0. The lowest BCUT2D eigenvalue weighted by atomic mass is 10.0. The molecule has 1 unspecified atom stereocenters. The Hall–Kier alpha value is -0.860. The summed E-state index contributed by atoms with van der Waals surface area (Å²) in [5.41, 5.74) is 7.44. The zero-order chi connectivity index (χ0) is 9.97. The summed E-state index contributed by atoms with van der Waals surface area (Å²) >= 11 is 1.79. The minimum Gasteiger partial charge on any atom is -0.324 e. The van der Waals surface area contributed by atoms with Gasteiger partial charge in [-0.25, -0.2) is 0 Å². The summed E-state index contributed by atoms with van der Waals surface area (Å²) in [6.07, 6.45) is 2.21. The van der Waals surface area contributed by atoms with Gasteiger partial charge in [0.15, 0.2) is 0 Å². The van der Waals surface area contributed by atoms with Crippen molar-refractivity contribution >= 4 is 21.4 Å². The maximum absolute atomic E-state index is 6.14. The van der Waals surface area contributed by atoms with Gasteiger partial charge >= 0.3 is 0 Å². The van der Waals surface area contributed by atoms with Crippen LogP contribution in [0.1, 0.15) is 31.4 Å². The van der Waals surface area contributed by atoms with Gasteiger partial charge in [-0.2, -0.15) is 0 Å². The molecule has 74 valence electrons. The van der Waals surface area contributed by atoms with Crippen molar-refractivity contribution in [1.29, 1.82) is 0 Å². The molecular formula is C12H15NS. The normalized spacial score (nSPS) is 13.3. The molecule has 2 aromatic rings. The van der Waals surface area contributed by atoms with Gasteiger partial charge in [-0.3, -0.25) is 0 Å². The first-order valence-electron chi connectivity index (χ1n) is 5.04. The average Bonchev–Trinajstić information content (AvgIpc) is 2.65. The molecule has 0 fully saturated rings. The molecular weight excluding hydrogens is 190 g/mol. The fourth-order valence-electron chi connectivity index (χ4n) is 1.77. The summed E-state index contributed by atoms with van der Waals surface area (Å²) < 4.78 is 1.36. The Morgan fingerprint density at radius 3 is 3.00 bits per heavy atom. The van der Waals surface area contributed by atoms with Crippen molar-refractivity contribution < 1.29 is 0 Å². The van der Waals surface area contributed by atoms with E-state index in [1.54, 1.807) is 11.3 Å². The second kappa shape index (κ2) is 4.11. The van der Waals surface area contributed by atoms with E-state index in [0.717, 1.165) is 12.8 Å². The van der Waals surface area contributed by atoms with Crippen LogP contribution in [0.4, 0.5) is 0 Å². The Morgan fingerprint density at radius 2 is 2.21 bits per heavy atom. The Kier molecular flexibility index (Phi) is 2.85. The van der Waals surface area contributed by atoms with Crippen molar-refractivity contribution in [1.82, 2.24) is 0 Å². The molecule has 0 saturated heterocycles. The maximum atomic E-state index is 6.14. The summed E-state index contributed by atoms with van der Waals surface area (Å²) in [5, 5.41) is 3.45. The minimum atomic E-state index is 0.197. The van der Waals surface area contributed by atoms with Crippen LogP contribution >= 0.6 is 11.3 Å². The molecule has 1 atom stereocenters. The first kappa shape index (κ1) is 9.69. The molecule has 0 aliphatic carbocycles. The Morgan fingerprint density at radius 1 is 1.36 bits per heavy atom. The van der Waals surface area contributed by atoms with Crippen LogP contribution < -0.4 is 5.73 Å². The highest BCUT2D eigenvalue weighted by molar-refractivity contribution is 7.17. The lowest BCUT2D eigenvalue weighted by molar-refractivity contribution is 0.643. The lowest BCUT2D eigenvalue weighted by Gasteiger charge is -2.11. The molecule has 1 nitrogen and oxygen atoms in total. The molecule has 1 aromatic heterocycles. The Labute approximate surface area is 88.6 Å². The third-order valence-electron chi connectivity index (χ3n) is 2.51. The monoisotopic (exact) mass is 205 g/mol. The molecule has 2 N–H and O–H groups in total. The highest BCUT2D eigenvalue weighted by Gasteiger charge is 2.09. The summed E-state index contributed by atoms with van der Waals surface area (Å²) in [7, 11) is 0. The molecule has 0 aliphatic rings. The van der Waals surface area contributed by atoms with Crippen molar-refractivity contribution in [2.24, 2.45) is 5.73 Å². The van der Waals surface area contributed by atoms with Crippen LogP contribution in [-0.4, -0.2) is 0 Å². The fourth-order valence-corrected chi connectivity index (χ4v) is 2.75. The van der Waals surface area contributed by atoms with E-state index in [0.29, 0.717) is 0 Å². The van der Waals surface area contributed by atoms with E-state index in [2.05, 4.69) is 36.6 Å². The molecule has 2 heteroatoms. The molecule has 2 rings (SSSR count). The highest BCUT2D eigenvalue weighted by Crippen LogP contribution is 2.29. The minimum absolute atomic E-state index is 0.197. The molecule has 0 bridgehead atoms. The number of thiophene rings is 1. The highest BCUT2D eigenvalue weighted by atomic mass is 32.1. The van der Waals surface area contributed by atoms with Gasteiger partial charge in [-0.1, -0.05) is 31.5 Å². The van der Waals surface area contributed by atoms with E-state index in [1.165, 1.54) is 15.6 Å². The van der Waals surface area contributed by atoms with Crippen molar-refractivity contribution in [2.45, 2.75) is 25.8 Å². The van der Waals surface area contributed by atoms with Crippen LogP contribution in [0.15, 0.2) is 29.6 Å². The van der Waals surface area contributed by atoms with Gasteiger partial charge in [-0.15, -0.1) is 11.3 Å². The molecule has 1 aromatic carbocycles. The largest absolute Gasteiger partial charge is 0.324 e. The van der Waals surface area contributed by atoms with Gasteiger partial charge in [0.25, 0.3) is 0 Å². The summed E-state index contributed by atoms with van der Waals surface area (Å²) in [6.45, 7) is 2.18. The Bertz CT molecular complexity index is 419. The zero-order valence-corrected chi connectivity index (χ0v) is 9.18. The molecule has 0 aliphatic heterocycles. The third-order valence-corrected chi connectivity index (χ3v) is 3.49. The van der Waals surface area contributed by atoms with Gasteiger partial charge in [0.05, 0.1) is 0 Å². The molecule has 1 heterocycles. The average molecular weight is 205 g/mol. The fraction of sp³-hybridized carbons (Fsp3) is 0.333. The van der Waals surface area contributed by atoms with E-state index in [-0.39, 0.29) is 6.04 Å². The van der Waals surface area contributed by atoms with Crippen molar-refractivity contribution in [2.75, 3.05) is 0 Å². The van der Waals surface area contributed by atoms with E-state index >= 15 is 0 Å². The van der Waals surface area contributed by atoms with Crippen LogP contribution in [-0.2, 0) is 0 Å². The predicted octanol–water partition coefficient (Wildman–Crippen LogP) is 3.70. The predicted molar refractivity (Wildman–Crippen MR) is 63.7 cm³/mol. The Balaban J connectivity index is 2.45. The standard InChI is InChI=1S/C12H15NS/c1-2-4-11(13)10-6-3-5-9-7-8-14-12(9)10/h3,5-8,11H,2,4,13H2,1H3. The van der Waals surface area contributed by atoms with Gasteiger partial charge in [-0.05, 0) is 28.8 Å². The number of fused-ring (bicyclic) bond motifs is 1. The summed E-state index contributed by atoms with van der Waals surface area (Å²) in [6, 6.07) is 8.75. The molecule has 0 amide bonds. The van der Waals surface area contributed by atoms with Crippen molar-refractivity contribution in [3.8, 4) is 0 Å². The number of hydrogen-bond acceptors (Lipinski definition) is 2. The van der Waals surface area contributed by atoms with Gasteiger partial charge in [0.2, 0.25) is 0 Å². The second-order valence-corrected chi connectivity index (χ2v) is 4.50. The number of benzene rings is 1. The number of hydrogen-bond donors (Lipinski definition) is 1. The van der Waals surface area contributed by atoms with Crippen molar-refractivity contribution in [3.05, 3.63) is 35.2 Å². The number of nitrogens with two attached hydrogens (primary N) is 1. The molecule has 0 radical (unpaired) electrons. The van der Waals surface area contributed by atoms with E-state index in [9.17, 15) is 0 Å². The first-order chi connectivity index (χ1) is 6.83. The summed E-state index contributed by atoms with van der Waals surface area (Å²) in [5.74, 6) is 0. The van der Waals surface area contributed by atoms with Crippen LogP contribution in [0.25, 0.3) is 10.1 Å². The van der Waals surface area contributed by atoms with Crippen LogP contribution in [0.2, 0.25) is 0 Å². The van der Waals surface area contributed by atoms with E-state index in [4.69, 9.17) is 5.73 Å². The molecule has 14 heavy (non-hydrogen) atoms. The van der Waals surface area contributed by atoms with Crippen molar-refractivity contribution in [3.63, 3.8) is 0 Å². The molecule has 0 saturated carbocycles. The quantitative estimate of drug-likeness (QED) is 0.812. The smallest absolute Gasteiger partial charge is 0.0390 e. The second-order valence-electron chi connectivity index (χ2n) is 3.58. The van der Waals surface area contributed by atoms with Crippen LogP contribution in [0.3, 0.4) is 0 Å². The number of rotatable bonds is 3. The van der Waals surface area contributed by atoms with Crippen LogP contribution in [0.5, 0.6) is 0 Å². The molecule has 0 spiro atoms. The lowest BCUT2D eigenvalue weighted by Crippen LogP contribution is -2.09. The third kappa shape index (κ3) is 1.68. The maximum Gasteiger partial charge on any atom is 0.0390 e. The topological polar surface area (TPSA) is 26.0 Å². The van der Waals surface area contributed by atoms with Crippen LogP contribution in [0, 0.1) is 0 Å². The van der Waals surface area contributed by atoms with Gasteiger partial charge in [0, 0.05) is 10.7 Å². The van der Waals surface area contributed by atoms with E-state index in [1.807, 2.05) is 0 Å². The first-order valence-corrected chi connectivity index (χ1v) is 5.92. The van der Waals surface area contributed by atoms with Gasteiger partial charge in [0.1, 0.15) is 0 Å². The van der Waals surface area contributed by atoms with Gasteiger partial charge < -0.3 is 5.73 Å². The van der Waals surface area contributed by atoms with E-state index < -0.39 is 0 Å². The SMILES string of the molecule is CCCC(N)c1cccc2ccsc12.